The third-order valence-electron chi connectivity index (χ3n) is 3.54. The first kappa shape index (κ1) is 14.9. The molecule has 2 aromatic heterocycles. The van der Waals surface area contributed by atoms with Gasteiger partial charge in [0.1, 0.15) is 0 Å². The molecule has 0 fully saturated rings. The summed E-state index contributed by atoms with van der Waals surface area (Å²) in [6, 6.07) is 12.9. The van der Waals surface area contributed by atoms with E-state index >= 15 is 0 Å². The lowest BCUT2D eigenvalue weighted by Gasteiger charge is -2.11. The van der Waals surface area contributed by atoms with Crippen LogP contribution >= 0.6 is 0 Å². The van der Waals surface area contributed by atoms with Crippen LogP contribution in [-0.2, 0) is 6.54 Å². The van der Waals surface area contributed by atoms with E-state index in [0.29, 0.717) is 23.4 Å². The Kier molecular flexibility index (Phi) is 4.14. The lowest BCUT2D eigenvalue weighted by molar-refractivity contribution is 0.724. The molecule has 6 heteroatoms. The molecule has 0 unspecified atom stereocenters. The first-order valence-electron chi connectivity index (χ1n) is 7.42. The van der Waals surface area contributed by atoms with Gasteiger partial charge in [-0.2, -0.15) is 5.10 Å². The monoisotopic (exact) mass is 307 g/mol. The van der Waals surface area contributed by atoms with Gasteiger partial charge in [0.2, 0.25) is 5.95 Å². The summed E-state index contributed by atoms with van der Waals surface area (Å²) in [5, 5.41) is 4.91. The summed E-state index contributed by atoms with van der Waals surface area (Å²) in [7, 11) is 0. The summed E-state index contributed by atoms with van der Waals surface area (Å²) in [6.45, 7) is 4.26. The van der Waals surface area contributed by atoms with Crippen molar-refractivity contribution in [3.8, 4) is 0 Å². The predicted octanol–water partition coefficient (Wildman–Crippen LogP) is 2.65. The van der Waals surface area contributed by atoms with Gasteiger partial charge in [0, 0.05) is 12.7 Å². The van der Waals surface area contributed by atoms with Crippen molar-refractivity contribution >= 4 is 22.6 Å². The summed E-state index contributed by atoms with van der Waals surface area (Å²) in [4.78, 5) is 21.3. The largest absolute Gasteiger partial charge is 0.277 e. The number of rotatable bonds is 4. The van der Waals surface area contributed by atoms with Crippen molar-refractivity contribution in [2.75, 3.05) is 5.43 Å². The average molecular weight is 307 g/mol. The van der Waals surface area contributed by atoms with Gasteiger partial charge >= 0.3 is 0 Å². The highest BCUT2D eigenvalue weighted by Gasteiger charge is 2.09. The van der Waals surface area contributed by atoms with Crippen molar-refractivity contribution in [1.29, 1.82) is 0 Å². The molecule has 1 N–H and O–H groups in total. The SMILES string of the molecule is CCn1c(N/N=C(/C)c2ccccn2)nc2ccccc2c1=O. The molecule has 0 spiro atoms. The molecule has 3 aromatic rings. The third kappa shape index (κ3) is 2.96. The number of anilines is 1. The molecule has 116 valence electrons. The third-order valence-corrected chi connectivity index (χ3v) is 3.54. The molecule has 0 amide bonds. The molecule has 0 atom stereocenters. The van der Waals surface area contributed by atoms with Crippen LogP contribution in [0.2, 0.25) is 0 Å². The molecule has 0 aliphatic heterocycles. The van der Waals surface area contributed by atoms with E-state index in [9.17, 15) is 4.79 Å². The van der Waals surface area contributed by atoms with Crippen LogP contribution in [0.25, 0.3) is 10.9 Å². The maximum absolute atomic E-state index is 12.5. The maximum atomic E-state index is 12.5. The van der Waals surface area contributed by atoms with E-state index in [4.69, 9.17) is 0 Å². The summed E-state index contributed by atoms with van der Waals surface area (Å²) in [5.41, 5.74) is 4.95. The van der Waals surface area contributed by atoms with Crippen molar-refractivity contribution in [2.24, 2.45) is 5.10 Å². The van der Waals surface area contributed by atoms with E-state index in [0.717, 1.165) is 11.4 Å². The van der Waals surface area contributed by atoms with Crippen LogP contribution in [0.3, 0.4) is 0 Å². The molecule has 0 bridgehead atoms. The molecule has 3 rings (SSSR count). The van der Waals surface area contributed by atoms with Crippen molar-refractivity contribution < 1.29 is 0 Å². The fourth-order valence-electron chi connectivity index (χ4n) is 2.31. The van der Waals surface area contributed by atoms with Gasteiger partial charge in [-0.05, 0) is 38.1 Å². The Bertz CT molecular complexity index is 915. The molecule has 0 saturated carbocycles. The fourth-order valence-corrected chi connectivity index (χ4v) is 2.31. The number of pyridine rings is 1. The van der Waals surface area contributed by atoms with Gasteiger partial charge in [0.15, 0.2) is 0 Å². The minimum Gasteiger partial charge on any atom is -0.277 e. The molecule has 23 heavy (non-hydrogen) atoms. The van der Waals surface area contributed by atoms with Gasteiger partial charge in [-0.3, -0.25) is 14.3 Å². The molecular formula is C17H17N5O. The van der Waals surface area contributed by atoms with E-state index in [1.165, 1.54) is 0 Å². The van der Waals surface area contributed by atoms with E-state index < -0.39 is 0 Å². The Morgan fingerprint density at radius 2 is 2.00 bits per heavy atom. The Balaban J connectivity index is 2.01. The van der Waals surface area contributed by atoms with Crippen molar-refractivity contribution in [3.05, 3.63) is 64.7 Å². The van der Waals surface area contributed by atoms with Gasteiger partial charge in [-0.15, -0.1) is 0 Å². The van der Waals surface area contributed by atoms with Gasteiger partial charge in [-0.25, -0.2) is 10.4 Å². The summed E-state index contributed by atoms with van der Waals surface area (Å²) in [6.07, 6.45) is 1.71. The zero-order valence-electron chi connectivity index (χ0n) is 13.0. The highest BCUT2D eigenvalue weighted by molar-refractivity contribution is 5.97. The number of fused-ring (bicyclic) bond motifs is 1. The quantitative estimate of drug-likeness (QED) is 0.594. The number of aromatic nitrogens is 3. The Morgan fingerprint density at radius 3 is 2.74 bits per heavy atom. The fraction of sp³-hybridized carbons (Fsp3) is 0.176. The standard InChI is InChI=1S/C17H17N5O/c1-3-22-16(23)13-8-4-5-10-15(13)19-17(22)21-20-12(2)14-9-6-7-11-18-14/h4-11H,3H2,1-2H3,(H,19,21)/b20-12-. The molecule has 6 nitrogen and oxygen atoms in total. The van der Waals surface area contributed by atoms with Crippen LogP contribution in [0.1, 0.15) is 19.5 Å². The highest BCUT2D eigenvalue weighted by atomic mass is 16.1. The first-order valence-corrected chi connectivity index (χ1v) is 7.42. The average Bonchev–Trinajstić information content (AvgIpc) is 2.60. The lowest BCUT2D eigenvalue weighted by Crippen LogP contribution is -2.23. The molecule has 0 aliphatic carbocycles. The molecule has 0 saturated heterocycles. The minimum absolute atomic E-state index is 0.0775. The summed E-state index contributed by atoms with van der Waals surface area (Å²) in [5.74, 6) is 0.423. The summed E-state index contributed by atoms with van der Waals surface area (Å²) < 4.78 is 1.57. The number of nitrogens with zero attached hydrogens (tertiary/aromatic N) is 4. The minimum atomic E-state index is -0.0775. The number of hydrazone groups is 1. The van der Waals surface area contributed by atoms with Gasteiger partial charge in [0.05, 0.1) is 22.3 Å². The first-order chi connectivity index (χ1) is 11.2. The second kappa shape index (κ2) is 6.39. The van der Waals surface area contributed by atoms with Gasteiger partial charge < -0.3 is 0 Å². The Hall–Kier alpha value is -3.02. The summed E-state index contributed by atoms with van der Waals surface area (Å²) >= 11 is 0. The molecular weight excluding hydrogens is 290 g/mol. The molecule has 0 aliphatic rings. The second-order valence-corrected chi connectivity index (χ2v) is 5.03. The predicted molar refractivity (Wildman–Crippen MR) is 91.7 cm³/mol. The van der Waals surface area contributed by atoms with Crippen molar-refractivity contribution in [2.45, 2.75) is 20.4 Å². The normalized spacial score (nSPS) is 11.7. The van der Waals surface area contributed by atoms with Crippen LogP contribution in [0.4, 0.5) is 5.95 Å². The van der Waals surface area contributed by atoms with Crippen molar-refractivity contribution in [3.63, 3.8) is 0 Å². The molecule has 0 radical (unpaired) electrons. The van der Waals surface area contributed by atoms with Crippen LogP contribution in [0, 0.1) is 0 Å². The Morgan fingerprint density at radius 1 is 1.22 bits per heavy atom. The zero-order chi connectivity index (χ0) is 16.2. The van der Waals surface area contributed by atoms with Gasteiger partial charge in [0.25, 0.3) is 5.56 Å². The number of hydrogen-bond acceptors (Lipinski definition) is 5. The number of hydrogen-bond donors (Lipinski definition) is 1. The zero-order valence-corrected chi connectivity index (χ0v) is 13.0. The maximum Gasteiger partial charge on any atom is 0.262 e. The molecule has 1 aromatic carbocycles. The number of benzene rings is 1. The second-order valence-electron chi connectivity index (χ2n) is 5.03. The van der Waals surface area contributed by atoms with E-state index in [1.54, 1.807) is 16.8 Å². The number of para-hydroxylation sites is 1. The van der Waals surface area contributed by atoms with Crippen LogP contribution in [-0.4, -0.2) is 20.2 Å². The van der Waals surface area contributed by atoms with Crippen LogP contribution in [0.15, 0.2) is 58.6 Å². The van der Waals surface area contributed by atoms with E-state index in [2.05, 4.69) is 20.5 Å². The molecule has 2 heterocycles. The van der Waals surface area contributed by atoms with Gasteiger partial charge in [-0.1, -0.05) is 18.2 Å². The Labute approximate surface area is 133 Å². The topological polar surface area (TPSA) is 72.2 Å². The number of nitrogens with one attached hydrogen (secondary N) is 1. The van der Waals surface area contributed by atoms with Crippen LogP contribution < -0.4 is 11.0 Å². The highest BCUT2D eigenvalue weighted by Crippen LogP contribution is 2.11. The van der Waals surface area contributed by atoms with Crippen LogP contribution in [0.5, 0.6) is 0 Å². The van der Waals surface area contributed by atoms with E-state index in [-0.39, 0.29) is 5.56 Å². The van der Waals surface area contributed by atoms with Crippen molar-refractivity contribution in [1.82, 2.24) is 14.5 Å². The van der Waals surface area contributed by atoms with E-state index in [1.807, 2.05) is 50.2 Å². The smallest absolute Gasteiger partial charge is 0.262 e. The lowest BCUT2D eigenvalue weighted by atomic mass is 10.2.